The van der Waals surface area contributed by atoms with Crippen LogP contribution in [0.2, 0.25) is 5.02 Å². The molecule has 0 saturated heterocycles. The Hall–Kier alpha value is -2.73. The molecule has 0 heterocycles. The number of benzene rings is 2. The van der Waals surface area contributed by atoms with E-state index in [-0.39, 0.29) is 35.1 Å². The van der Waals surface area contributed by atoms with Crippen LogP contribution in [0, 0.1) is 0 Å². The molecular formula is C22H25ClN2O4. The molecule has 0 bridgehead atoms. The van der Waals surface area contributed by atoms with Crippen LogP contribution in [0.4, 0.5) is 0 Å². The second kappa shape index (κ2) is 9.18. The maximum Gasteiger partial charge on any atom is 0.255 e. The first-order valence-corrected chi connectivity index (χ1v) is 9.98. The van der Waals surface area contributed by atoms with Crippen molar-refractivity contribution in [3.8, 4) is 11.5 Å². The zero-order chi connectivity index (χ0) is 21.0. The Labute approximate surface area is 175 Å². The van der Waals surface area contributed by atoms with Crippen LogP contribution in [0.3, 0.4) is 0 Å². The van der Waals surface area contributed by atoms with Crippen LogP contribution in [0.1, 0.15) is 52.9 Å². The second-order valence-corrected chi connectivity index (χ2v) is 7.58. The number of carbonyl (C=O) groups is 2. The second-order valence-electron chi connectivity index (χ2n) is 7.17. The van der Waals surface area contributed by atoms with Gasteiger partial charge < -0.3 is 20.5 Å². The van der Waals surface area contributed by atoms with Crippen LogP contribution in [0.5, 0.6) is 11.5 Å². The summed E-state index contributed by atoms with van der Waals surface area (Å²) in [6.45, 7) is 1.61. The van der Waals surface area contributed by atoms with E-state index in [1.807, 2.05) is 6.92 Å². The van der Waals surface area contributed by atoms with E-state index in [1.165, 1.54) is 43.2 Å². The molecule has 0 fully saturated rings. The molecule has 29 heavy (non-hydrogen) atoms. The van der Waals surface area contributed by atoms with Gasteiger partial charge in [0.15, 0.2) is 18.1 Å². The van der Waals surface area contributed by atoms with Gasteiger partial charge in [0, 0.05) is 5.56 Å². The van der Waals surface area contributed by atoms with Crippen LogP contribution < -0.4 is 20.5 Å². The predicted octanol–water partition coefficient (Wildman–Crippen LogP) is 3.58. The van der Waals surface area contributed by atoms with Gasteiger partial charge in [0.1, 0.15) is 0 Å². The number of rotatable bonds is 7. The number of hydrogen-bond donors (Lipinski definition) is 2. The number of hydrogen-bond acceptors (Lipinski definition) is 4. The molecular weight excluding hydrogens is 392 g/mol. The van der Waals surface area contributed by atoms with E-state index < -0.39 is 5.91 Å². The Morgan fingerprint density at radius 2 is 1.90 bits per heavy atom. The largest absolute Gasteiger partial charge is 0.493 e. The third-order valence-corrected chi connectivity index (χ3v) is 5.35. The zero-order valence-electron chi connectivity index (χ0n) is 16.6. The number of amides is 2. The van der Waals surface area contributed by atoms with Crippen LogP contribution >= 0.6 is 11.6 Å². The summed E-state index contributed by atoms with van der Waals surface area (Å²) in [5, 5.41) is 3.16. The predicted molar refractivity (Wildman–Crippen MR) is 112 cm³/mol. The number of ether oxygens (including phenoxy) is 2. The van der Waals surface area contributed by atoms with Crippen molar-refractivity contribution in [2.75, 3.05) is 13.7 Å². The number of carbonyl (C=O) groups excluding carboxylic acids is 2. The minimum atomic E-state index is -0.635. The first kappa shape index (κ1) is 21.0. The molecule has 0 aliphatic heterocycles. The number of primary amides is 1. The summed E-state index contributed by atoms with van der Waals surface area (Å²) in [5.74, 6) is -0.488. The highest BCUT2D eigenvalue weighted by atomic mass is 35.5. The standard InChI is InChI=1S/C22H25ClN2O4/c1-13(15-8-7-14-5-3-4-6-16(14)9-15)25-22(27)17-10-18(23)21(19(11-17)28-2)29-12-20(24)26/h7-11,13H,3-6,12H2,1-2H3,(H2,24,26)(H,25,27). The van der Waals surface area contributed by atoms with Crippen LogP contribution in [0.25, 0.3) is 0 Å². The van der Waals surface area contributed by atoms with Gasteiger partial charge in [-0.05, 0) is 61.4 Å². The molecule has 2 aromatic rings. The molecule has 0 spiro atoms. The summed E-state index contributed by atoms with van der Waals surface area (Å²) < 4.78 is 10.6. The van der Waals surface area contributed by atoms with Gasteiger partial charge in [0.2, 0.25) is 0 Å². The van der Waals surface area contributed by atoms with E-state index >= 15 is 0 Å². The molecule has 0 saturated carbocycles. The molecule has 3 rings (SSSR count). The molecule has 6 nitrogen and oxygen atoms in total. The van der Waals surface area contributed by atoms with Gasteiger partial charge >= 0.3 is 0 Å². The lowest BCUT2D eigenvalue weighted by molar-refractivity contribution is -0.119. The van der Waals surface area contributed by atoms with Crippen molar-refractivity contribution in [1.29, 1.82) is 0 Å². The molecule has 3 N–H and O–H groups in total. The van der Waals surface area contributed by atoms with Gasteiger partial charge in [-0.1, -0.05) is 29.8 Å². The van der Waals surface area contributed by atoms with Gasteiger partial charge in [-0.3, -0.25) is 9.59 Å². The van der Waals surface area contributed by atoms with Gasteiger partial charge in [0.05, 0.1) is 18.2 Å². The lowest BCUT2D eigenvalue weighted by Crippen LogP contribution is -2.27. The Morgan fingerprint density at radius 3 is 2.59 bits per heavy atom. The summed E-state index contributed by atoms with van der Waals surface area (Å²) in [4.78, 5) is 23.7. The number of halogens is 1. The summed E-state index contributed by atoms with van der Waals surface area (Å²) in [5.41, 5.74) is 9.28. The van der Waals surface area contributed by atoms with Crippen LogP contribution in [-0.4, -0.2) is 25.5 Å². The molecule has 1 atom stereocenters. The normalized spacial score (nSPS) is 13.9. The first-order valence-electron chi connectivity index (χ1n) is 9.60. The lowest BCUT2D eigenvalue weighted by Gasteiger charge is -2.20. The van der Waals surface area contributed by atoms with Crippen LogP contribution in [-0.2, 0) is 17.6 Å². The minimum Gasteiger partial charge on any atom is -0.493 e. The Kier molecular flexibility index (Phi) is 6.64. The summed E-state index contributed by atoms with van der Waals surface area (Å²) >= 11 is 6.24. The van der Waals surface area contributed by atoms with Crippen molar-refractivity contribution >= 4 is 23.4 Å². The number of nitrogens with two attached hydrogens (primary N) is 1. The number of aryl methyl sites for hydroxylation is 2. The molecule has 1 aliphatic carbocycles. The summed E-state index contributed by atoms with van der Waals surface area (Å²) in [6.07, 6.45) is 4.66. The topological polar surface area (TPSA) is 90.7 Å². The molecule has 0 aromatic heterocycles. The average Bonchev–Trinajstić information content (AvgIpc) is 2.71. The smallest absolute Gasteiger partial charge is 0.255 e. The maximum atomic E-state index is 12.8. The number of methoxy groups -OCH3 is 1. The average molecular weight is 417 g/mol. The summed E-state index contributed by atoms with van der Waals surface area (Å²) in [6, 6.07) is 9.27. The van der Waals surface area contributed by atoms with Crippen molar-refractivity contribution < 1.29 is 19.1 Å². The monoisotopic (exact) mass is 416 g/mol. The van der Waals surface area contributed by atoms with Crippen molar-refractivity contribution in [2.24, 2.45) is 5.73 Å². The van der Waals surface area contributed by atoms with Gasteiger partial charge in [-0.25, -0.2) is 0 Å². The van der Waals surface area contributed by atoms with Crippen molar-refractivity contribution in [3.05, 3.63) is 57.6 Å². The van der Waals surface area contributed by atoms with E-state index in [4.69, 9.17) is 26.8 Å². The van der Waals surface area contributed by atoms with E-state index in [9.17, 15) is 9.59 Å². The highest BCUT2D eigenvalue weighted by Crippen LogP contribution is 2.36. The summed E-state index contributed by atoms with van der Waals surface area (Å²) in [7, 11) is 1.43. The minimum absolute atomic E-state index is 0.162. The molecule has 2 amide bonds. The van der Waals surface area contributed by atoms with Crippen molar-refractivity contribution in [2.45, 2.75) is 38.6 Å². The van der Waals surface area contributed by atoms with E-state index in [1.54, 1.807) is 0 Å². The molecule has 7 heteroatoms. The highest BCUT2D eigenvalue weighted by Gasteiger charge is 2.19. The Balaban J connectivity index is 1.76. The number of fused-ring (bicyclic) bond motifs is 1. The Morgan fingerprint density at radius 1 is 1.17 bits per heavy atom. The molecule has 2 aromatic carbocycles. The lowest BCUT2D eigenvalue weighted by atomic mass is 9.89. The highest BCUT2D eigenvalue weighted by molar-refractivity contribution is 6.32. The molecule has 1 unspecified atom stereocenters. The van der Waals surface area contributed by atoms with Crippen molar-refractivity contribution in [1.82, 2.24) is 5.32 Å². The first-order chi connectivity index (χ1) is 13.9. The van der Waals surface area contributed by atoms with Gasteiger partial charge in [-0.15, -0.1) is 0 Å². The molecule has 0 radical (unpaired) electrons. The van der Waals surface area contributed by atoms with E-state index in [2.05, 4.69) is 23.5 Å². The third-order valence-electron chi connectivity index (χ3n) is 5.07. The molecule has 1 aliphatic rings. The fraction of sp³-hybridized carbons (Fsp3) is 0.364. The van der Waals surface area contributed by atoms with Gasteiger partial charge in [-0.2, -0.15) is 0 Å². The third kappa shape index (κ3) is 5.01. The quantitative estimate of drug-likeness (QED) is 0.721. The van der Waals surface area contributed by atoms with Crippen molar-refractivity contribution in [3.63, 3.8) is 0 Å². The fourth-order valence-corrected chi connectivity index (χ4v) is 3.79. The maximum absolute atomic E-state index is 12.8. The molecule has 154 valence electrons. The zero-order valence-corrected chi connectivity index (χ0v) is 17.3. The fourth-order valence-electron chi connectivity index (χ4n) is 3.52. The van der Waals surface area contributed by atoms with E-state index in [0.29, 0.717) is 5.56 Å². The van der Waals surface area contributed by atoms with Gasteiger partial charge in [0.25, 0.3) is 11.8 Å². The number of nitrogens with one attached hydrogen (secondary N) is 1. The SMILES string of the molecule is COc1cc(C(=O)NC(C)c2ccc3c(c2)CCCC3)cc(Cl)c1OCC(N)=O. The Bertz CT molecular complexity index is 929. The van der Waals surface area contributed by atoms with Crippen LogP contribution in [0.15, 0.2) is 30.3 Å². The van der Waals surface area contributed by atoms with E-state index in [0.717, 1.165) is 18.4 Å².